The molecule has 0 atom stereocenters. The smallest absolute Gasteiger partial charge is 0.178 e. The fraction of sp³-hybridized carbons (Fsp3) is 0.333. The molecule has 0 fully saturated rings. The predicted octanol–water partition coefficient (Wildman–Crippen LogP) is 1.00. The van der Waals surface area contributed by atoms with Crippen molar-refractivity contribution in [1.82, 2.24) is 10.3 Å². The van der Waals surface area contributed by atoms with Gasteiger partial charge in [-0.2, -0.15) is 0 Å². The average molecular weight is 164 g/mol. The lowest BCUT2D eigenvalue weighted by Gasteiger charge is -1.99. The Morgan fingerprint density at radius 1 is 1.58 bits per heavy atom. The number of pyridine rings is 1. The van der Waals surface area contributed by atoms with Crippen LogP contribution in [0.15, 0.2) is 18.3 Å². The normalized spacial score (nSPS) is 9.83. The Hall–Kier alpha value is -1.22. The molecule has 0 aliphatic rings. The Morgan fingerprint density at radius 3 is 2.75 bits per heavy atom. The molecule has 1 aromatic rings. The molecule has 0 aromatic carbocycles. The third-order valence-electron chi connectivity index (χ3n) is 1.57. The maximum absolute atomic E-state index is 10.8. The second-order valence-electron chi connectivity index (χ2n) is 2.64. The summed E-state index contributed by atoms with van der Waals surface area (Å²) in [6, 6.07) is 3.65. The predicted molar refractivity (Wildman–Crippen MR) is 47.0 cm³/mol. The van der Waals surface area contributed by atoms with Crippen molar-refractivity contribution in [1.29, 1.82) is 0 Å². The molecule has 12 heavy (non-hydrogen) atoms. The third kappa shape index (κ3) is 2.13. The van der Waals surface area contributed by atoms with Crippen LogP contribution in [0.5, 0.6) is 0 Å². The zero-order chi connectivity index (χ0) is 8.97. The van der Waals surface area contributed by atoms with Crippen molar-refractivity contribution in [3.05, 3.63) is 29.6 Å². The molecule has 1 N–H and O–H groups in total. The summed E-state index contributed by atoms with van der Waals surface area (Å²) < 4.78 is 0. The highest BCUT2D eigenvalue weighted by Crippen LogP contribution is 2.00. The number of carbonyl (C=O) groups is 1. The van der Waals surface area contributed by atoms with Gasteiger partial charge in [-0.15, -0.1) is 0 Å². The number of nitrogens with zero attached hydrogens (tertiary/aromatic N) is 1. The molecule has 0 spiro atoms. The second kappa shape index (κ2) is 3.97. The SMILES string of the molecule is CNCc1ccc(C(C)=O)nc1. The summed E-state index contributed by atoms with van der Waals surface area (Å²) in [4.78, 5) is 14.8. The molecule has 0 aliphatic heterocycles. The van der Waals surface area contributed by atoms with Gasteiger partial charge in [0.25, 0.3) is 0 Å². The first kappa shape index (κ1) is 8.87. The minimum atomic E-state index is 0.00556. The van der Waals surface area contributed by atoms with E-state index < -0.39 is 0 Å². The molecule has 1 aromatic heterocycles. The number of Topliss-reactive ketones (excluding diaryl/α,β-unsaturated/α-hetero) is 1. The molecule has 0 unspecified atom stereocenters. The fourth-order valence-corrected chi connectivity index (χ4v) is 0.941. The average Bonchev–Trinajstić information content (AvgIpc) is 2.06. The molecular formula is C9H12N2O. The molecule has 3 heteroatoms. The van der Waals surface area contributed by atoms with E-state index >= 15 is 0 Å². The molecule has 0 aliphatic carbocycles. The summed E-state index contributed by atoms with van der Waals surface area (Å²) >= 11 is 0. The van der Waals surface area contributed by atoms with E-state index in [9.17, 15) is 4.79 Å². The van der Waals surface area contributed by atoms with Gasteiger partial charge < -0.3 is 5.32 Å². The number of carbonyl (C=O) groups excluding carboxylic acids is 1. The summed E-state index contributed by atoms with van der Waals surface area (Å²) in [6.45, 7) is 2.30. The molecular weight excluding hydrogens is 152 g/mol. The van der Waals surface area contributed by atoms with E-state index in [1.54, 1.807) is 12.3 Å². The van der Waals surface area contributed by atoms with Crippen molar-refractivity contribution >= 4 is 5.78 Å². The highest BCUT2D eigenvalue weighted by atomic mass is 16.1. The monoisotopic (exact) mass is 164 g/mol. The van der Waals surface area contributed by atoms with Crippen LogP contribution in [0.3, 0.4) is 0 Å². The molecule has 0 bridgehead atoms. The van der Waals surface area contributed by atoms with Crippen molar-refractivity contribution in [2.75, 3.05) is 7.05 Å². The maximum atomic E-state index is 10.8. The first-order valence-corrected chi connectivity index (χ1v) is 3.84. The maximum Gasteiger partial charge on any atom is 0.178 e. The number of rotatable bonds is 3. The molecule has 0 saturated heterocycles. The van der Waals surface area contributed by atoms with Crippen LogP contribution in [0.25, 0.3) is 0 Å². The molecule has 1 rings (SSSR count). The van der Waals surface area contributed by atoms with Gasteiger partial charge in [0.05, 0.1) is 0 Å². The van der Waals surface area contributed by atoms with E-state index in [1.165, 1.54) is 6.92 Å². The summed E-state index contributed by atoms with van der Waals surface area (Å²) in [6.07, 6.45) is 1.72. The zero-order valence-electron chi connectivity index (χ0n) is 7.29. The zero-order valence-corrected chi connectivity index (χ0v) is 7.29. The standard InChI is InChI=1S/C9H12N2O/c1-7(12)9-4-3-8(5-10-2)6-11-9/h3-4,6,10H,5H2,1-2H3. The highest BCUT2D eigenvalue weighted by molar-refractivity contribution is 5.91. The van der Waals surface area contributed by atoms with E-state index in [1.807, 2.05) is 13.1 Å². The third-order valence-corrected chi connectivity index (χ3v) is 1.57. The van der Waals surface area contributed by atoms with Gasteiger partial charge in [0.2, 0.25) is 0 Å². The van der Waals surface area contributed by atoms with Crippen molar-refractivity contribution < 1.29 is 4.79 Å². The summed E-state index contributed by atoms with van der Waals surface area (Å²) in [5.41, 5.74) is 1.61. The van der Waals surface area contributed by atoms with Gasteiger partial charge in [-0.05, 0) is 18.7 Å². The van der Waals surface area contributed by atoms with Gasteiger partial charge in [0, 0.05) is 19.7 Å². The minimum absolute atomic E-state index is 0.00556. The number of hydrogen-bond acceptors (Lipinski definition) is 3. The lowest BCUT2D eigenvalue weighted by atomic mass is 10.2. The van der Waals surface area contributed by atoms with Crippen LogP contribution >= 0.6 is 0 Å². The van der Waals surface area contributed by atoms with Crippen molar-refractivity contribution in [2.24, 2.45) is 0 Å². The van der Waals surface area contributed by atoms with Crippen molar-refractivity contribution in [3.8, 4) is 0 Å². The molecule has 64 valence electrons. The Morgan fingerprint density at radius 2 is 2.33 bits per heavy atom. The number of hydrogen-bond donors (Lipinski definition) is 1. The Bertz CT molecular complexity index is 266. The first-order valence-electron chi connectivity index (χ1n) is 3.84. The van der Waals surface area contributed by atoms with E-state index in [2.05, 4.69) is 10.3 Å². The van der Waals surface area contributed by atoms with Crippen LogP contribution in [0.1, 0.15) is 23.0 Å². The van der Waals surface area contributed by atoms with Crippen molar-refractivity contribution in [2.45, 2.75) is 13.5 Å². The largest absolute Gasteiger partial charge is 0.316 e. The minimum Gasteiger partial charge on any atom is -0.316 e. The van der Waals surface area contributed by atoms with Crippen LogP contribution in [0.2, 0.25) is 0 Å². The van der Waals surface area contributed by atoms with E-state index in [0.717, 1.165) is 12.1 Å². The Balaban J connectivity index is 2.78. The van der Waals surface area contributed by atoms with Crippen LogP contribution in [0.4, 0.5) is 0 Å². The van der Waals surface area contributed by atoms with E-state index in [0.29, 0.717) is 5.69 Å². The van der Waals surface area contributed by atoms with Gasteiger partial charge in [-0.1, -0.05) is 6.07 Å². The molecule has 1 heterocycles. The van der Waals surface area contributed by atoms with Gasteiger partial charge in [-0.25, -0.2) is 0 Å². The Kier molecular flexibility index (Phi) is 2.94. The van der Waals surface area contributed by atoms with E-state index in [-0.39, 0.29) is 5.78 Å². The molecule has 0 radical (unpaired) electrons. The highest BCUT2D eigenvalue weighted by Gasteiger charge is 1.99. The van der Waals surface area contributed by atoms with Gasteiger partial charge in [0.15, 0.2) is 5.78 Å². The number of ketones is 1. The lowest BCUT2D eigenvalue weighted by molar-refractivity contribution is 0.101. The van der Waals surface area contributed by atoms with E-state index in [4.69, 9.17) is 0 Å². The molecule has 0 amide bonds. The van der Waals surface area contributed by atoms with Crippen molar-refractivity contribution in [3.63, 3.8) is 0 Å². The van der Waals surface area contributed by atoms with Gasteiger partial charge in [-0.3, -0.25) is 9.78 Å². The number of aromatic nitrogens is 1. The summed E-state index contributed by atoms with van der Waals surface area (Å²) in [5, 5.41) is 3.01. The quantitative estimate of drug-likeness (QED) is 0.678. The number of nitrogens with one attached hydrogen (secondary N) is 1. The topological polar surface area (TPSA) is 42.0 Å². The van der Waals surface area contributed by atoms with Crippen LogP contribution in [-0.2, 0) is 6.54 Å². The molecule has 0 saturated carbocycles. The van der Waals surface area contributed by atoms with Crippen LogP contribution in [0, 0.1) is 0 Å². The fourth-order valence-electron chi connectivity index (χ4n) is 0.941. The summed E-state index contributed by atoms with van der Waals surface area (Å²) in [5.74, 6) is 0.00556. The lowest BCUT2D eigenvalue weighted by Crippen LogP contribution is -2.06. The van der Waals surface area contributed by atoms with Crippen LogP contribution in [-0.4, -0.2) is 17.8 Å². The Labute approximate surface area is 71.8 Å². The van der Waals surface area contributed by atoms with Crippen LogP contribution < -0.4 is 5.32 Å². The van der Waals surface area contributed by atoms with Gasteiger partial charge in [0.1, 0.15) is 5.69 Å². The first-order chi connectivity index (χ1) is 5.74. The summed E-state index contributed by atoms with van der Waals surface area (Å²) in [7, 11) is 1.87. The van der Waals surface area contributed by atoms with Gasteiger partial charge >= 0.3 is 0 Å². The molecule has 3 nitrogen and oxygen atoms in total. The second-order valence-corrected chi connectivity index (χ2v) is 2.64.